The number of hydrogen-bond donors (Lipinski definition) is 0. The predicted molar refractivity (Wildman–Crippen MR) is 18.7 cm³/mol. The third-order valence-corrected chi connectivity index (χ3v) is 0.192. The van der Waals surface area contributed by atoms with Gasteiger partial charge < -0.3 is 5.11 Å². The zero-order valence-electron chi connectivity index (χ0n) is 3.30. The Morgan fingerprint density at radius 3 is 2.00 bits per heavy atom. The third kappa shape index (κ3) is 8.82. The van der Waals surface area contributed by atoms with Crippen LogP contribution in [0.15, 0.2) is 0 Å². The molecule has 0 aromatic heterocycles. The Morgan fingerprint density at radius 1 is 1.83 bits per heavy atom. The summed E-state index contributed by atoms with van der Waals surface area (Å²) in [6.45, 7) is 0. The maximum Gasteiger partial charge on any atom is 1.00 e. The van der Waals surface area contributed by atoms with E-state index < -0.39 is 5.05 Å². The zero-order valence-corrected chi connectivity index (χ0v) is 6.12. The van der Waals surface area contributed by atoms with Gasteiger partial charge in [0.1, 0.15) is 6.29 Å². The Bertz CT molecular complexity index is 62.6. The largest absolute Gasteiger partial charge is 1.00 e. The molecule has 2 nitrogen and oxygen atoms in total. The van der Waals surface area contributed by atoms with E-state index in [0.29, 0.717) is 0 Å². The number of carbonyl (C=O) groups excluding carboxylic acids is 1. The number of hydrogen-bond acceptors (Lipinski definition) is 3. The predicted octanol–water partition coefficient (Wildman–Crippen LogP) is -4.12. The van der Waals surface area contributed by atoms with Crippen molar-refractivity contribution in [1.29, 1.82) is 0 Å². The minimum atomic E-state index is -0.843. The van der Waals surface area contributed by atoms with Crippen LogP contribution in [0.3, 0.4) is 0 Å². The molecule has 0 saturated carbocycles. The minimum absolute atomic E-state index is 0. The molecule has 6 heavy (non-hydrogen) atoms. The molecule has 0 spiro atoms. The van der Waals surface area contributed by atoms with Crippen molar-refractivity contribution in [2.75, 3.05) is 0 Å². The van der Waals surface area contributed by atoms with Gasteiger partial charge in [0.15, 0.2) is 0 Å². The number of thiocarbonyl (C=S) groups is 1. The summed E-state index contributed by atoms with van der Waals surface area (Å²) in [6, 6.07) is 0. The molecule has 0 atom stereocenters. The molecule has 4 heteroatoms. The molecule has 28 valence electrons. The van der Waals surface area contributed by atoms with Crippen LogP contribution in [0.2, 0.25) is 0 Å². The first-order valence-electron chi connectivity index (χ1n) is 0.933. The van der Waals surface area contributed by atoms with Gasteiger partial charge >= 0.3 is 29.6 Å². The molecule has 0 rings (SSSR count). The van der Waals surface area contributed by atoms with E-state index in [1.807, 2.05) is 0 Å². The molecule has 0 bridgehead atoms. The van der Waals surface area contributed by atoms with Gasteiger partial charge in [-0.3, -0.25) is 4.79 Å². The Balaban J connectivity index is 0. The molecule has 0 amide bonds. The van der Waals surface area contributed by atoms with E-state index in [-0.39, 0.29) is 35.8 Å². The standard InChI is InChI=1S/C2H2O2S.Na/c3-1-2(4)5;/h1H,(H,4,5);/q;+1/p-1. The van der Waals surface area contributed by atoms with Gasteiger partial charge in [0.25, 0.3) is 0 Å². The second-order valence-corrected chi connectivity index (χ2v) is 0.839. The molecule has 0 aliphatic heterocycles. The van der Waals surface area contributed by atoms with Gasteiger partial charge in [-0.1, -0.05) is 12.2 Å². The second-order valence-electron chi connectivity index (χ2n) is 0.437. The van der Waals surface area contributed by atoms with Crippen LogP contribution in [-0.4, -0.2) is 11.3 Å². The Hall–Kier alpha value is 0.560. The van der Waals surface area contributed by atoms with Crippen LogP contribution in [0.25, 0.3) is 0 Å². The second kappa shape index (κ2) is 5.56. The fourth-order valence-corrected chi connectivity index (χ4v) is 0. The fourth-order valence-electron chi connectivity index (χ4n) is 0. The molecule has 0 N–H and O–H groups in total. The van der Waals surface area contributed by atoms with Crippen LogP contribution >= 0.6 is 12.2 Å². The zero-order chi connectivity index (χ0) is 4.28. The topological polar surface area (TPSA) is 40.1 Å². The Labute approximate surface area is 62.8 Å². The van der Waals surface area contributed by atoms with Crippen molar-refractivity contribution in [2.45, 2.75) is 0 Å². The first-order valence-corrected chi connectivity index (χ1v) is 1.34. The smallest absolute Gasteiger partial charge is 0.862 e. The van der Waals surface area contributed by atoms with Crippen LogP contribution in [0.5, 0.6) is 0 Å². The molecule has 0 fully saturated rings. The van der Waals surface area contributed by atoms with Crippen molar-refractivity contribution < 1.29 is 39.5 Å². The van der Waals surface area contributed by atoms with Crippen LogP contribution in [0.4, 0.5) is 0 Å². The number of rotatable bonds is 1. The number of carbonyl (C=O) groups is 1. The molecule has 0 aliphatic rings. The summed E-state index contributed by atoms with van der Waals surface area (Å²) in [5, 5.41) is 8.42. The molecule has 0 heterocycles. The van der Waals surface area contributed by atoms with Crippen LogP contribution in [0, 0.1) is 0 Å². The SMILES string of the molecule is O=CC([O-])=S.[Na+]. The summed E-state index contributed by atoms with van der Waals surface area (Å²) in [7, 11) is 0. The van der Waals surface area contributed by atoms with Crippen molar-refractivity contribution >= 4 is 23.6 Å². The quantitative estimate of drug-likeness (QED) is 0.196. The van der Waals surface area contributed by atoms with Crippen LogP contribution < -0.4 is 34.7 Å². The molecule has 0 aliphatic carbocycles. The van der Waals surface area contributed by atoms with Crippen molar-refractivity contribution in [3.8, 4) is 0 Å². The molecular weight excluding hydrogens is 111 g/mol. The van der Waals surface area contributed by atoms with Gasteiger partial charge in [-0.05, 0) is 5.05 Å². The maximum atomic E-state index is 9.26. The van der Waals surface area contributed by atoms with E-state index in [9.17, 15) is 5.11 Å². The van der Waals surface area contributed by atoms with Crippen LogP contribution in [-0.2, 0) is 4.79 Å². The summed E-state index contributed by atoms with van der Waals surface area (Å²) >= 11 is 3.77. The summed E-state index contributed by atoms with van der Waals surface area (Å²) in [6.07, 6.45) is 0.0926. The van der Waals surface area contributed by atoms with Crippen LogP contribution in [0.1, 0.15) is 0 Å². The van der Waals surface area contributed by atoms with E-state index in [2.05, 4.69) is 12.2 Å². The van der Waals surface area contributed by atoms with Crippen molar-refractivity contribution in [3.63, 3.8) is 0 Å². The average molecular weight is 112 g/mol. The molecule has 0 radical (unpaired) electrons. The summed E-state index contributed by atoms with van der Waals surface area (Å²) in [4.78, 5) is 9.05. The first-order chi connectivity index (χ1) is 2.27. The molecule has 0 saturated heterocycles. The molecule has 0 aromatic rings. The van der Waals surface area contributed by atoms with Gasteiger partial charge in [0, 0.05) is 0 Å². The van der Waals surface area contributed by atoms with E-state index in [0.717, 1.165) is 0 Å². The third-order valence-electron chi connectivity index (χ3n) is 0.0962. The minimum Gasteiger partial charge on any atom is -0.862 e. The first kappa shape index (κ1) is 9.75. The van der Waals surface area contributed by atoms with E-state index >= 15 is 0 Å². The molecule has 0 unspecified atom stereocenters. The van der Waals surface area contributed by atoms with E-state index in [1.54, 1.807) is 0 Å². The summed E-state index contributed by atoms with van der Waals surface area (Å²) < 4.78 is 0. The van der Waals surface area contributed by atoms with E-state index in [4.69, 9.17) is 4.79 Å². The van der Waals surface area contributed by atoms with Gasteiger partial charge in [-0.25, -0.2) is 0 Å². The van der Waals surface area contributed by atoms with Gasteiger partial charge in [0.05, 0.1) is 0 Å². The normalized spacial score (nSPS) is 5.33. The molecular formula is C2HNaO2S. The summed E-state index contributed by atoms with van der Waals surface area (Å²) in [5.74, 6) is 0. The molecule has 0 aromatic carbocycles. The van der Waals surface area contributed by atoms with E-state index in [1.165, 1.54) is 0 Å². The monoisotopic (exact) mass is 112 g/mol. The van der Waals surface area contributed by atoms with Gasteiger partial charge in [-0.15, -0.1) is 0 Å². The average Bonchev–Trinajstić information content (AvgIpc) is 1.38. The Kier molecular flexibility index (Phi) is 9.04. The maximum absolute atomic E-state index is 9.26. The number of aldehydes is 1. The van der Waals surface area contributed by atoms with Crippen molar-refractivity contribution in [2.24, 2.45) is 0 Å². The van der Waals surface area contributed by atoms with Crippen molar-refractivity contribution in [1.82, 2.24) is 0 Å². The Morgan fingerprint density at radius 2 is 2.00 bits per heavy atom. The van der Waals surface area contributed by atoms with Crippen molar-refractivity contribution in [3.05, 3.63) is 0 Å². The van der Waals surface area contributed by atoms with Gasteiger partial charge in [-0.2, -0.15) is 0 Å². The van der Waals surface area contributed by atoms with Gasteiger partial charge in [0.2, 0.25) is 0 Å². The summed E-state index contributed by atoms with van der Waals surface area (Å²) in [5.41, 5.74) is 0. The fraction of sp³-hybridized carbons (Fsp3) is 0.